The van der Waals surface area contributed by atoms with E-state index in [0.717, 1.165) is 0 Å². The van der Waals surface area contributed by atoms with Crippen LogP contribution in [0.3, 0.4) is 0 Å². The smallest absolute Gasteiger partial charge is 0.251 e. The normalized spacial score (nSPS) is 23.0. The van der Waals surface area contributed by atoms with Gasteiger partial charge in [0.15, 0.2) is 0 Å². The summed E-state index contributed by atoms with van der Waals surface area (Å²) in [7, 11) is -3.70. The van der Waals surface area contributed by atoms with Crippen LogP contribution in [0.5, 0.6) is 0 Å². The third kappa shape index (κ3) is 5.45. The van der Waals surface area contributed by atoms with Crippen LogP contribution in [0.2, 0.25) is 0 Å². The van der Waals surface area contributed by atoms with Crippen molar-refractivity contribution >= 4 is 28.3 Å². The van der Waals surface area contributed by atoms with Crippen molar-refractivity contribution in [3.05, 3.63) is 29.8 Å². The average molecular weight is 434 g/mol. The second kappa shape index (κ2) is 9.54. The maximum Gasteiger partial charge on any atom is 0.251 e. The highest BCUT2D eigenvalue weighted by atomic mass is 35.5. The molecule has 1 aliphatic heterocycles. The van der Waals surface area contributed by atoms with Gasteiger partial charge in [-0.25, -0.2) is 8.42 Å². The molecule has 1 fully saturated rings. The molecule has 1 aromatic carbocycles. The lowest BCUT2D eigenvalue weighted by molar-refractivity contribution is -0.0440. The highest BCUT2D eigenvalue weighted by Gasteiger charge is 2.33. The van der Waals surface area contributed by atoms with E-state index in [-0.39, 0.29) is 47.9 Å². The van der Waals surface area contributed by atoms with E-state index >= 15 is 0 Å². The van der Waals surface area contributed by atoms with E-state index in [2.05, 4.69) is 5.32 Å². The van der Waals surface area contributed by atoms with E-state index in [4.69, 9.17) is 10.5 Å². The zero-order valence-electron chi connectivity index (χ0n) is 17.1. The van der Waals surface area contributed by atoms with E-state index in [1.165, 1.54) is 16.4 Å². The molecule has 0 aromatic heterocycles. The molecule has 0 saturated carbocycles. The predicted molar refractivity (Wildman–Crippen MR) is 112 cm³/mol. The lowest BCUT2D eigenvalue weighted by Gasteiger charge is -2.34. The number of amides is 1. The third-order valence-corrected chi connectivity index (χ3v) is 7.05. The summed E-state index contributed by atoms with van der Waals surface area (Å²) in [6, 6.07) is 6.13. The molecule has 2 rings (SSSR count). The van der Waals surface area contributed by atoms with Crippen LogP contribution >= 0.6 is 12.4 Å². The first kappa shape index (κ1) is 24.8. The maximum absolute atomic E-state index is 13.0. The highest BCUT2D eigenvalue weighted by molar-refractivity contribution is 7.89. The Morgan fingerprint density at radius 3 is 2.39 bits per heavy atom. The molecular formula is C19H32ClN3O4S. The molecule has 0 spiro atoms. The number of hydrogen-bond acceptors (Lipinski definition) is 5. The topological polar surface area (TPSA) is 102 Å². The van der Waals surface area contributed by atoms with Gasteiger partial charge >= 0.3 is 0 Å². The minimum absolute atomic E-state index is 0. The van der Waals surface area contributed by atoms with E-state index < -0.39 is 15.6 Å². The van der Waals surface area contributed by atoms with Crippen molar-refractivity contribution in [3.63, 3.8) is 0 Å². The van der Waals surface area contributed by atoms with Crippen molar-refractivity contribution in [3.8, 4) is 0 Å². The number of rotatable bonds is 6. The quantitative estimate of drug-likeness (QED) is 0.714. The van der Waals surface area contributed by atoms with E-state index in [0.29, 0.717) is 18.7 Å². The number of carbonyl (C=O) groups excluding carboxylic acids is 1. The number of ether oxygens (including phenoxy) is 1. The summed E-state index contributed by atoms with van der Waals surface area (Å²) >= 11 is 0. The molecule has 3 N–H and O–H groups in total. The van der Waals surface area contributed by atoms with Crippen molar-refractivity contribution in [2.24, 2.45) is 11.7 Å². The van der Waals surface area contributed by atoms with Crippen LogP contribution in [-0.4, -0.2) is 56.0 Å². The van der Waals surface area contributed by atoms with Crippen molar-refractivity contribution in [2.45, 2.75) is 57.3 Å². The van der Waals surface area contributed by atoms with Gasteiger partial charge in [0.2, 0.25) is 10.0 Å². The summed E-state index contributed by atoms with van der Waals surface area (Å²) in [6.45, 7) is 10.4. The lowest BCUT2D eigenvalue weighted by Crippen LogP contribution is -2.55. The van der Waals surface area contributed by atoms with Gasteiger partial charge in [0, 0.05) is 25.2 Å². The fraction of sp³-hybridized carbons (Fsp3) is 0.632. The average Bonchev–Trinajstić information content (AvgIpc) is 2.60. The molecule has 1 heterocycles. The van der Waals surface area contributed by atoms with Crippen molar-refractivity contribution in [1.29, 1.82) is 0 Å². The minimum Gasteiger partial charge on any atom is -0.373 e. The molecule has 3 atom stereocenters. The fourth-order valence-corrected chi connectivity index (χ4v) is 4.67. The second-order valence-electron chi connectivity index (χ2n) is 7.84. The molecule has 9 heteroatoms. The Balaban J connectivity index is 0.00000392. The van der Waals surface area contributed by atoms with Crippen LogP contribution in [0.25, 0.3) is 0 Å². The molecule has 160 valence electrons. The van der Waals surface area contributed by atoms with E-state index in [1.54, 1.807) is 12.1 Å². The highest BCUT2D eigenvalue weighted by Crippen LogP contribution is 2.22. The fourth-order valence-electron chi connectivity index (χ4n) is 3.04. The van der Waals surface area contributed by atoms with Gasteiger partial charge in [-0.1, -0.05) is 19.9 Å². The lowest BCUT2D eigenvalue weighted by atomic mass is 9.88. The summed E-state index contributed by atoms with van der Waals surface area (Å²) in [4.78, 5) is 12.8. The number of nitrogens with one attached hydrogen (secondary N) is 1. The molecule has 0 aliphatic carbocycles. The van der Waals surface area contributed by atoms with Crippen LogP contribution in [-0.2, 0) is 14.8 Å². The zero-order valence-corrected chi connectivity index (χ0v) is 18.8. The molecule has 1 saturated heterocycles. The van der Waals surface area contributed by atoms with Gasteiger partial charge in [-0.05, 0) is 44.9 Å². The van der Waals surface area contributed by atoms with Gasteiger partial charge < -0.3 is 15.8 Å². The Kier molecular flexibility index (Phi) is 8.47. The number of hydrogen-bond donors (Lipinski definition) is 2. The first-order valence-electron chi connectivity index (χ1n) is 9.28. The number of halogens is 1. The van der Waals surface area contributed by atoms with Gasteiger partial charge in [0.05, 0.1) is 22.6 Å². The molecular weight excluding hydrogens is 402 g/mol. The molecule has 28 heavy (non-hydrogen) atoms. The van der Waals surface area contributed by atoms with Gasteiger partial charge in [-0.3, -0.25) is 4.79 Å². The van der Waals surface area contributed by atoms with Crippen LogP contribution < -0.4 is 11.1 Å². The zero-order chi connectivity index (χ0) is 20.4. The summed E-state index contributed by atoms with van der Waals surface area (Å²) in [6.07, 6.45) is -0.349. The second-order valence-corrected chi connectivity index (χ2v) is 9.78. The Hall–Kier alpha value is -1.19. The molecule has 1 aliphatic rings. The van der Waals surface area contributed by atoms with E-state index in [1.807, 2.05) is 34.6 Å². The van der Waals surface area contributed by atoms with Crippen molar-refractivity contribution < 1.29 is 17.9 Å². The summed E-state index contributed by atoms with van der Waals surface area (Å²) < 4.78 is 33.1. The summed E-state index contributed by atoms with van der Waals surface area (Å²) in [5.74, 6) is -0.202. The molecule has 1 aromatic rings. The van der Waals surface area contributed by atoms with Gasteiger partial charge in [-0.15, -0.1) is 12.4 Å². The number of nitrogens with two attached hydrogens (primary N) is 1. The predicted octanol–water partition coefficient (Wildman–Crippen LogP) is 2.01. The first-order chi connectivity index (χ1) is 12.5. The number of morpholine rings is 1. The Morgan fingerprint density at radius 1 is 1.32 bits per heavy atom. The molecule has 0 radical (unpaired) electrons. The SMILES string of the molecule is CC1CN(S(=O)(=O)c2cccc(C(=O)NC(C)(CN)C(C)C)c2)CC(C)O1.Cl. The van der Waals surface area contributed by atoms with Gasteiger partial charge in [-0.2, -0.15) is 4.31 Å². The third-order valence-electron chi connectivity index (χ3n) is 5.22. The molecule has 0 bridgehead atoms. The standard InChI is InChI=1S/C19H31N3O4S.ClH/c1-13(2)19(5,12-20)21-18(23)16-7-6-8-17(9-16)27(24,25)22-10-14(3)26-15(4)11-22;/h6-9,13-15H,10-12,20H2,1-5H3,(H,21,23);1H. The Bertz CT molecular complexity index is 777. The van der Waals surface area contributed by atoms with Crippen molar-refractivity contribution in [1.82, 2.24) is 9.62 Å². The molecule has 1 amide bonds. The number of sulfonamides is 1. The summed E-state index contributed by atoms with van der Waals surface area (Å²) in [5, 5.41) is 2.94. The van der Waals surface area contributed by atoms with Crippen LogP contribution in [0.15, 0.2) is 29.2 Å². The largest absolute Gasteiger partial charge is 0.373 e. The Morgan fingerprint density at radius 2 is 1.89 bits per heavy atom. The maximum atomic E-state index is 13.0. The Labute approximate surface area is 174 Å². The number of benzene rings is 1. The van der Waals surface area contributed by atoms with Crippen molar-refractivity contribution in [2.75, 3.05) is 19.6 Å². The molecule has 3 unspecified atom stereocenters. The van der Waals surface area contributed by atoms with E-state index in [9.17, 15) is 13.2 Å². The van der Waals surface area contributed by atoms with Gasteiger partial charge in [0.25, 0.3) is 5.91 Å². The molecule has 7 nitrogen and oxygen atoms in total. The number of nitrogens with zero attached hydrogens (tertiary/aromatic N) is 1. The van der Waals surface area contributed by atoms with Gasteiger partial charge in [0.1, 0.15) is 0 Å². The minimum atomic E-state index is -3.70. The van der Waals surface area contributed by atoms with Crippen LogP contribution in [0.1, 0.15) is 45.0 Å². The first-order valence-corrected chi connectivity index (χ1v) is 10.7. The number of carbonyl (C=O) groups is 1. The van der Waals surface area contributed by atoms with Crippen LogP contribution in [0.4, 0.5) is 0 Å². The summed E-state index contributed by atoms with van der Waals surface area (Å²) in [5.41, 5.74) is 5.56. The monoisotopic (exact) mass is 433 g/mol. The van der Waals surface area contributed by atoms with Crippen LogP contribution in [0, 0.1) is 5.92 Å².